The molecule has 3 heterocycles. The number of likely N-dealkylation sites (tertiary alicyclic amines) is 1. The van der Waals surface area contributed by atoms with Crippen LogP contribution in [0.25, 0.3) is 0 Å². The number of hydrogen-bond donors (Lipinski definition) is 1. The molecule has 3 aromatic rings. The van der Waals surface area contributed by atoms with E-state index in [1.807, 2.05) is 0 Å². The summed E-state index contributed by atoms with van der Waals surface area (Å²) < 4.78 is 53.7. The molecule has 0 spiro atoms. The van der Waals surface area contributed by atoms with Crippen molar-refractivity contribution in [1.82, 2.24) is 20.1 Å². The number of benzene rings is 2. The van der Waals surface area contributed by atoms with Gasteiger partial charge in [0.25, 0.3) is 5.91 Å². The van der Waals surface area contributed by atoms with Crippen LogP contribution in [0.1, 0.15) is 35.8 Å². The van der Waals surface area contributed by atoms with Crippen molar-refractivity contribution in [3.05, 3.63) is 93.6 Å². The lowest BCUT2D eigenvalue weighted by Crippen LogP contribution is -2.53. The number of piperazine rings is 1. The van der Waals surface area contributed by atoms with Gasteiger partial charge < -0.3 is 10.2 Å². The molecule has 0 saturated carbocycles. The van der Waals surface area contributed by atoms with Gasteiger partial charge in [-0.05, 0) is 55.8 Å². The summed E-state index contributed by atoms with van der Waals surface area (Å²) in [5, 5.41) is 2.97. The van der Waals surface area contributed by atoms with Gasteiger partial charge in [0.2, 0.25) is 0 Å². The van der Waals surface area contributed by atoms with Gasteiger partial charge in [-0.1, -0.05) is 23.7 Å². The predicted molar refractivity (Wildman–Crippen MR) is 147 cm³/mol. The fourth-order valence-corrected chi connectivity index (χ4v) is 5.65. The van der Waals surface area contributed by atoms with Gasteiger partial charge >= 0.3 is 0 Å². The van der Waals surface area contributed by atoms with Gasteiger partial charge in [-0.3, -0.25) is 14.6 Å². The molecule has 2 aliphatic heterocycles. The molecule has 5 rings (SSSR count). The van der Waals surface area contributed by atoms with E-state index in [0.29, 0.717) is 23.4 Å². The van der Waals surface area contributed by atoms with Crippen molar-refractivity contribution in [1.29, 1.82) is 0 Å². The zero-order valence-electron chi connectivity index (χ0n) is 21.9. The zero-order valence-corrected chi connectivity index (χ0v) is 22.6. The van der Waals surface area contributed by atoms with Gasteiger partial charge in [0, 0.05) is 64.6 Å². The number of carbonyl (C=O) groups is 1. The standard InChI is InChI=1S/C29H30ClF4N5O.H2/c30-24-14-21(29(40)36-16-20-2-3-22(31)15-26(20)33)17-35-28(24)39-11-9-38(10-12-39)23-5-7-37(8-6-23)18-19-1-4-25(32)27(34)13-19;/h1-4,13-15,17,23H,5-12,16,18H2,(H,36,40);1H. The number of rotatable bonds is 7. The highest BCUT2D eigenvalue weighted by Gasteiger charge is 2.28. The monoisotopic (exact) mass is 577 g/mol. The van der Waals surface area contributed by atoms with Crippen LogP contribution in [0.15, 0.2) is 48.7 Å². The third kappa shape index (κ3) is 6.74. The fraction of sp³-hybridized carbons (Fsp3) is 0.379. The maximum absolute atomic E-state index is 13.8. The van der Waals surface area contributed by atoms with Gasteiger partial charge in [-0.2, -0.15) is 0 Å². The summed E-state index contributed by atoms with van der Waals surface area (Å²) in [5.74, 6) is -2.87. The molecule has 11 heteroatoms. The van der Waals surface area contributed by atoms with Crippen molar-refractivity contribution in [2.75, 3.05) is 44.2 Å². The number of amides is 1. The maximum atomic E-state index is 13.8. The van der Waals surface area contributed by atoms with Crippen molar-refractivity contribution >= 4 is 23.3 Å². The second-order valence-electron chi connectivity index (χ2n) is 10.2. The average Bonchev–Trinajstić information content (AvgIpc) is 2.95. The molecule has 1 aromatic heterocycles. The second-order valence-corrected chi connectivity index (χ2v) is 10.6. The fourth-order valence-electron chi connectivity index (χ4n) is 5.37. The zero-order chi connectivity index (χ0) is 28.2. The van der Waals surface area contributed by atoms with Gasteiger partial charge in [-0.25, -0.2) is 22.5 Å². The first kappa shape index (κ1) is 28.3. The minimum absolute atomic E-state index is 0. The van der Waals surface area contributed by atoms with E-state index < -0.39 is 29.2 Å². The number of pyridine rings is 1. The van der Waals surface area contributed by atoms with E-state index in [4.69, 9.17) is 11.6 Å². The molecule has 2 saturated heterocycles. The van der Waals surface area contributed by atoms with Crippen molar-refractivity contribution in [2.45, 2.75) is 32.0 Å². The minimum atomic E-state index is -0.823. The van der Waals surface area contributed by atoms with Gasteiger partial charge in [0.05, 0.1) is 10.6 Å². The molecule has 40 heavy (non-hydrogen) atoms. The second kappa shape index (κ2) is 12.5. The Morgan fingerprint density at radius 3 is 2.35 bits per heavy atom. The molecule has 0 atom stereocenters. The summed E-state index contributed by atoms with van der Waals surface area (Å²) in [4.78, 5) is 23.8. The quantitative estimate of drug-likeness (QED) is 0.389. The molecule has 6 nitrogen and oxygen atoms in total. The molecule has 0 radical (unpaired) electrons. The van der Waals surface area contributed by atoms with Crippen molar-refractivity contribution in [2.24, 2.45) is 0 Å². The van der Waals surface area contributed by atoms with Crippen LogP contribution >= 0.6 is 11.6 Å². The van der Waals surface area contributed by atoms with Crippen LogP contribution in [0, 0.1) is 23.3 Å². The van der Waals surface area contributed by atoms with E-state index in [9.17, 15) is 22.4 Å². The maximum Gasteiger partial charge on any atom is 0.253 e. The molecule has 214 valence electrons. The van der Waals surface area contributed by atoms with Crippen molar-refractivity contribution in [3.8, 4) is 0 Å². The largest absolute Gasteiger partial charge is 0.353 e. The van der Waals surface area contributed by atoms with E-state index in [0.717, 1.165) is 69.8 Å². The first-order chi connectivity index (χ1) is 19.3. The van der Waals surface area contributed by atoms with Gasteiger partial charge in [0.1, 0.15) is 17.5 Å². The van der Waals surface area contributed by atoms with Gasteiger partial charge in [-0.15, -0.1) is 0 Å². The molecular formula is C29H32ClF4N5O. The SMILES string of the molecule is O=C(NCc1ccc(F)cc1F)c1cnc(N2CCN(C3CCN(Cc4ccc(F)c(F)c4)CC3)CC2)c(Cl)c1.[HH]. The summed E-state index contributed by atoms with van der Waals surface area (Å²) >= 11 is 6.50. The molecule has 2 aliphatic rings. The van der Waals surface area contributed by atoms with Gasteiger partial charge in [0.15, 0.2) is 11.6 Å². The Labute approximate surface area is 237 Å². The minimum Gasteiger partial charge on any atom is -0.353 e. The number of hydrogen-bond acceptors (Lipinski definition) is 5. The van der Waals surface area contributed by atoms with Crippen LogP contribution in [0.3, 0.4) is 0 Å². The topological polar surface area (TPSA) is 51.7 Å². The summed E-state index contributed by atoms with van der Waals surface area (Å²) in [6.07, 6.45) is 3.47. The number of halogens is 5. The molecule has 0 aliphatic carbocycles. The highest BCUT2D eigenvalue weighted by Crippen LogP contribution is 2.27. The highest BCUT2D eigenvalue weighted by molar-refractivity contribution is 6.33. The Balaban J connectivity index is 0.00000387. The highest BCUT2D eigenvalue weighted by atomic mass is 35.5. The number of nitrogens with zero attached hydrogens (tertiary/aromatic N) is 4. The summed E-state index contributed by atoms with van der Waals surface area (Å²) in [7, 11) is 0. The van der Waals surface area contributed by atoms with E-state index in [2.05, 4.69) is 25.0 Å². The Morgan fingerprint density at radius 1 is 0.925 bits per heavy atom. The molecular weight excluding hydrogens is 546 g/mol. The number of aromatic nitrogens is 1. The van der Waals surface area contributed by atoms with Crippen LogP contribution in [0.2, 0.25) is 5.02 Å². The molecule has 0 unspecified atom stereocenters. The lowest BCUT2D eigenvalue weighted by atomic mass is 10.0. The van der Waals surface area contributed by atoms with Crippen molar-refractivity contribution < 1.29 is 23.8 Å². The van der Waals surface area contributed by atoms with E-state index in [1.54, 1.807) is 12.1 Å². The Kier molecular flexibility index (Phi) is 8.87. The van der Waals surface area contributed by atoms with E-state index in [1.165, 1.54) is 24.4 Å². The molecule has 0 bridgehead atoms. The number of anilines is 1. The predicted octanol–water partition coefficient (Wildman–Crippen LogP) is 5.25. The van der Waals surface area contributed by atoms with Crippen LogP contribution in [-0.4, -0.2) is 66.0 Å². The number of piperidine rings is 1. The molecule has 1 amide bonds. The number of nitrogens with one attached hydrogen (secondary N) is 1. The first-order valence-corrected chi connectivity index (χ1v) is 13.7. The Bertz CT molecular complexity index is 1370. The van der Waals surface area contributed by atoms with Crippen LogP contribution < -0.4 is 10.2 Å². The number of carbonyl (C=O) groups excluding carboxylic acids is 1. The summed E-state index contributed by atoms with van der Waals surface area (Å²) in [5.41, 5.74) is 1.21. The lowest BCUT2D eigenvalue weighted by Gasteiger charge is -2.43. The molecule has 2 fully saturated rings. The van der Waals surface area contributed by atoms with Crippen LogP contribution in [0.4, 0.5) is 23.4 Å². The summed E-state index contributed by atoms with van der Waals surface area (Å²) in [6, 6.07) is 9.30. The summed E-state index contributed by atoms with van der Waals surface area (Å²) in [6.45, 7) is 5.53. The Morgan fingerprint density at radius 2 is 1.68 bits per heavy atom. The van der Waals surface area contributed by atoms with Crippen molar-refractivity contribution in [3.63, 3.8) is 0 Å². The molecule has 1 N–H and O–H groups in total. The Hall–Kier alpha value is -3.21. The smallest absolute Gasteiger partial charge is 0.253 e. The van der Waals surface area contributed by atoms with Crippen LogP contribution in [0.5, 0.6) is 0 Å². The molecule has 2 aromatic carbocycles. The first-order valence-electron chi connectivity index (χ1n) is 13.3. The third-order valence-electron chi connectivity index (χ3n) is 7.62. The third-order valence-corrected chi connectivity index (χ3v) is 7.89. The van der Waals surface area contributed by atoms with Crippen LogP contribution in [-0.2, 0) is 13.1 Å². The lowest BCUT2D eigenvalue weighted by molar-refractivity contribution is 0.0950. The van der Waals surface area contributed by atoms with E-state index >= 15 is 0 Å². The normalized spacial score (nSPS) is 17.3. The average molecular weight is 578 g/mol. The van der Waals surface area contributed by atoms with E-state index in [-0.39, 0.29) is 19.1 Å².